The number of hydrogen-bond acceptors (Lipinski definition) is 4. The summed E-state index contributed by atoms with van der Waals surface area (Å²) >= 11 is 0. The first-order chi connectivity index (χ1) is 14.2. The van der Waals surface area contributed by atoms with Crippen LogP contribution >= 0.6 is 24.0 Å². The Labute approximate surface area is 193 Å². The molecule has 0 atom stereocenters. The molecule has 158 valence electrons. The predicted molar refractivity (Wildman–Crippen MR) is 130 cm³/mol. The molecule has 3 rings (SSSR count). The summed E-state index contributed by atoms with van der Waals surface area (Å²) < 4.78 is 3.74. The van der Waals surface area contributed by atoms with Gasteiger partial charge in [-0.15, -0.1) is 24.0 Å². The summed E-state index contributed by atoms with van der Waals surface area (Å²) in [7, 11) is 1.75. The molecule has 9 heteroatoms. The van der Waals surface area contributed by atoms with E-state index < -0.39 is 0 Å². The van der Waals surface area contributed by atoms with E-state index in [-0.39, 0.29) is 24.0 Å². The van der Waals surface area contributed by atoms with Crippen LogP contribution in [0.5, 0.6) is 0 Å². The minimum atomic E-state index is 0. The second-order valence-corrected chi connectivity index (χ2v) is 6.52. The van der Waals surface area contributed by atoms with Crippen molar-refractivity contribution in [2.45, 2.75) is 19.4 Å². The highest BCUT2D eigenvalue weighted by Gasteiger charge is 2.16. The molecule has 0 aliphatic carbocycles. The van der Waals surface area contributed by atoms with E-state index in [0.717, 1.165) is 31.2 Å². The number of halogens is 1. The number of guanidine groups is 1. The van der Waals surface area contributed by atoms with Crippen molar-refractivity contribution >= 4 is 35.8 Å². The molecule has 1 aromatic carbocycles. The van der Waals surface area contributed by atoms with Crippen molar-refractivity contribution in [1.82, 2.24) is 25.0 Å². The van der Waals surface area contributed by atoms with Crippen LogP contribution in [0.4, 0.5) is 5.82 Å². The number of aliphatic imine (C=N–C) groups is 1. The van der Waals surface area contributed by atoms with Gasteiger partial charge in [0, 0.05) is 39.1 Å². The Kier molecular flexibility index (Phi) is 9.21. The summed E-state index contributed by atoms with van der Waals surface area (Å²) in [5, 5.41) is 20.6. The van der Waals surface area contributed by atoms with E-state index in [2.05, 4.69) is 31.4 Å². The van der Waals surface area contributed by atoms with Crippen LogP contribution in [0.2, 0.25) is 0 Å². The van der Waals surface area contributed by atoms with Crippen LogP contribution in [-0.4, -0.2) is 40.4 Å². The van der Waals surface area contributed by atoms with Gasteiger partial charge in [-0.1, -0.05) is 18.2 Å². The van der Waals surface area contributed by atoms with Gasteiger partial charge in [0.15, 0.2) is 5.96 Å². The number of benzene rings is 1. The average molecular weight is 518 g/mol. The van der Waals surface area contributed by atoms with Gasteiger partial charge >= 0.3 is 0 Å². The molecule has 0 aliphatic heterocycles. The standard InChI is InChI=1S/C21H26N8.HI/c1-24-21(26-12-15-28-13-5-6-14-28)25-11-7-10-19-18(16-22)20(23)29(27-19)17-8-3-2-4-9-17;/h2-6,8-9,13-14H,7,10-12,15,23H2,1H3,(H2,24,25,26);1H. The number of para-hydroxylation sites is 1. The van der Waals surface area contributed by atoms with E-state index >= 15 is 0 Å². The highest BCUT2D eigenvalue weighted by Crippen LogP contribution is 2.21. The van der Waals surface area contributed by atoms with Crippen LogP contribution in [0, 0.1) is 11.3 Å². The molecule has 0 radical (unpaired) electrons. The first-order valence-electron chi connectivity index (χ1n) is 9.61. The van der Waals surface area contributed by atoms with Crippen LogP contribution in [0.3, 0.4) is 0 Å². The van der Waals surface area contributed by atoms with Gasteiger partial charge in [0.25, 0.3) is 0 Å². The van der Waals surface area contributed by atoms with E-state index in [1.807, 2.05) is 54.9 Å². The van der Waals surface area contributed by atoms with Gasteiger partial charge in [0.2, 0.25) is 0 Å². The lowest BCUT2D eigenvalue weighted by molar-refractivity contribution is 0.659. The summed E-state index contributed by atoms with van der Waals surface area (Å²) in [4.78, 5) is 4.24. The fraction of sp³-hybridized carbons (Fsp3) is 0.286. The molecule has 2 heterocycles. The number of nitrogens with two attached hydrogens (primary N) is 1. The van der Waals surface area contributed by atoms with Gasteiger partial charge in [-0.05, 0) is 37.1 Å². The molecule has 0 unspecified atom stereocenters. The zero-order valence-corrected chi connectivity index (χ0v) is 19.3. The molecule has 0 spiro atoms. The summed E-state index contributed by atoms with van der Waals surface area (Å²) in [6.45, 7) is 2.37. The smallest absolute Gasteiger partial charge is 0.191 e. The molecule has 3 aromatic rings. The lowest BCUT2D eigenvalue weighted by atomic mass is 10.1. The van der Waals surface area contributed by atoms with E-state index in [4.69, 9.17) is 5.73 Å². The molecule has 30 heavy (non-hydrogen) atoms. The Bertz CT molecular complexity index is 971. The molecule has 0 saturated heterocycles. The summed E-state index contributed by atoms with van der Waals surface area (Å²) in [5.41, 5.74) is 8.15. The summed E-state index contributed by atoms with van der Waals surface area (Å²) in [5.74, 6) is 1.14. The number of nitrogens with zero attached hydrogens (tertiary/aromatic N) is 5. The number of nitrogen functional groups attached to an aromatic ring is 1. The van der Waals surface area contributed by atoms with Crippen molar-refractivity contribution in [2.24, 2.45) is 4.99 Å². The van der Waals surface area contributed by atoms with Crippen LogP contribution in [0.1, 0.15) is 17.7 Å². The lowest BCUT2D eigenvalue weighted by Gasteiger charge is -2.12. The van der Waals surface area contributed by atoms with Crippen LogP contribution in [-0.2, 0) is 13.0 Å². The van der Waals surface area contributed by atoms with Crippen LogP contribution in [0.15, 0.2) is 59.9 Å². The van der Waals surface area contributed by atoms with Crippen molar-refractivity contribution in [2.75, 3.05) is 25.9 Å². The molecule has 4 N–H and O–H groups in total. The number of aromatic nitrogens is 3. The fourth-order valence-electron chi connectivity index (χ4n) is 3.05. The molecule has 0 saturated carbocycles. The minimum absolute atomic E-state index is 0. The van der Waals surface area contributed by atoms with Crippen molar-refractivity contribution < 1.29 is 0 Å². The topological polar surface area (TPSA) is 109 Å². The number of rotatable bonds is 8. The number of hydrogen-bond donors (Lipinski definition) is 3. The van der Waals surface area contributed by atoms with Crippen LogP contribution < -0.4 is 16.4 Å². The average Bonchev–Trinajstić information content (AvgIpc) is 3.38. The molecule has 0 fully saturated rings. The van der Waals surface area contributed by atoms with E-state index in [1.54, 1.807) is 11.7 Å². The normalized spacial score (nSPS) is 10.9. The first-order valence-corrected chi connectivity index (χ1v) is 9.61. The second-order valence-electron chi connectivity index (χ2n) is 6.52. The fourth-order valence-corrected chi connectivity index (χ4v) is 3.05. The minimum Gasteiger partial charge on any atom is -0.382 e. The largest absolute Gasteiger partial charge is 0.382 e. The van der Waals surface area contributed by atoms with Gasteiger partial charge in [0.1, 0.15) is 17.5 Å². The quantitative estimate of drug-likeness (QED) is 0.184. The van der Waals surface area contributed by atoms with Crippen molar-refractivity contribution in [1.29, 1.82) is 5.26 Å². The number of aryl methyl sites for hydroxylation is 1. The van der Waals surface area contributed by atoms with Crippen LogP contribution in [0.25, 0.3) is 5.69 Å². The van der Waals surface area contributed by atoms with Crippen molar-refractivity contribution in [3.8, 4) is 11.8 Å². The molecule has 0 aliphatic rings. The summed E-state index contributed by atoms with van der Waals surface area (Å²) in [6, 6.07) is 15.8. The molecular weight excluding hydrogens is 491 g/mol. The molecule has 0 bridgehead atoms. The monoisotopic (exact) mass is 518 g/mol. The second kappa shape index (κ2) is 11.9. The third-order valence-electron chi connectivity index (χ3n) is 4.54. The maximum Gasteiger partial charge on any atom is 0.191 e. The Balaban J connectivity index is 0.00000320. The number of nitriles is 1. The van der Waals surface area contributed by atoms with E-state index in [9.17, 15) is 5.26 Å². The van der Waals surface area contributed by atoms with Crippen molar-refractivity contribution in [3.63, 3.8) is 0 Å². The highest BCUT2D eigenvalue weighted by molar-refractivity contribution is 14.0. The van der Waals surface area contributed by atoms with E-state index in [0.29, 0.717) is 30.0 Å². The zero-order chi connectivity index (χ0) is 20.5. The SMILES string of the molecule is CN=C(NCCCc1nn(-c2ccccc2)c(N)c1C#N)NCCn1cccc1.I. The first kappa shape index (κ1) is 23.3. The Morgan fingerprint density at radius 1 is 1.13 bits per heavy atom. The van der Waals surface area contributed by atoms with Gasteiger partial charge in [-0.25, -0.2) is 4.68 Å². The zero-order valence-electron chi connectivity index (χ0n) is 17.0. The Morgan fingerprint density at radius 2 is 1.83 bits per heavy atom. The molecule has 0 amide bonds. The third-order valence-corrected chi connectivity index (χ3v) is 4.54. The number of anilines is 1. The van der Waals surface area contributed by atoms with Gasteiger partial charge in [-0.3, -0.25) is 4.99 Å². The molecule has 2 aromatic heterocycles. The molecule has 8 nitrogen and oxygen atoms in total. The molecular formula is C21H27IN8. The lowest BCUT2D eigenvalue weighted by Crippen LogP contribution is -2.39. The highest BCUT2D eigenvalue weighted by atomic mass is 127. The van der Waals surface area contributed by atoms with Crippen molar-refractivity contribution in [3.05, 3.63) is 66.1 Å². The predicted octanol–water partition coefficient (Wildman–Crippen LogP) is 2.54. The van der Waals surface area contributed by atoms with E-state index in [1.165, 1.54) is 0 Å². The summed E-state index contributed by atoms with van der Waals surface area (Å²) in [6.07, 6.45) is 5.52. The Morgan fingerprint density at radius 3 is 2.50 bits per heavy atom. The van der Waals surface area contributed by atoms with Gasteiger partial charge < -0.3 is 20.9 Å². The maximum atomic E-state index is 9.49. The maximum absolute atomic E-state index is 9.49. The third kappa shape index (κ3) is 6.00. The Hall–Kier alpha value is -3.00. The number of nitrogens with one attached hydrogen (secondary N) is 2. The van der Waals surface area contributed by atoms with Gasteiger partial charge in [-0.2, -0.15) is 10.4 Å². The van der Waals surface area contributed by atoms with Gasteiger partial charge in [0.05, 0.1) is 11.4 Å².